The van der Waals surface area contributed by atoms with Gasteiger partial charge in [0, 0.05) is 16.3 Å². The number of benzene rings is 1. The van der Waals surface area contributed by atoms with Crippen molar-refractivity contribution in [1.29, 1.82) is 0 Å². The first-order valence-corrected chi connectivity index (χ1v) is 6.48. The molecule has 0 N–H and O–H groups in total. The van der Waals surface area contributed by atoms with Crippen molar-refractivity contribution in [1.82, 2.24) is 0 Å². The lowest BCUT2D eigenvalue weighted by Crippen LogP contribution is -2.31. The summed E-state index contributed by atoms with van der Waals surface area (Å²) in [6.07, 6.45) is 0. The number of hydrogen-bond donors (Lipinski definition) is 0. The normalized spacial score (nSPS) is 23.7. The average molecular weight is 312 g/mol. The Labute approximate surface area is 114 Å². The molecule has 4 nitrogen and oxygen atoms in total. The van der Waals surface area contributed by atoms with Crippen molar-refractivity contribution < 1.29 is 14.3 Å². The van der Waals surface area contributed by atoms with Crippen molar-refractivity contribution in [3.63, 3.8) is 0 Å². The first kappa shape index (κ1) is 13.1. The Morgan fingerprint density at radius 1 is 1.17 bits per heavy atom. The van der Waals surface area contributed by atoms with Gasteiger partial charge in [-0.05, 0) is 18.2 Å². The number of halogens is 1. The number of methoxy groups -OCH3 is 1. The lowest BCUT2D eigenvalue weighted by Gasteiger charge is -2.18. The second-order valence-corrected chi connectivity index (χ2v) is 5.32. The number of carbonyl (C=O) groups is 2. The fraction of sp³-hybridized carbons (Fsp3) is 0.385. The van der Waals surface area contributed by atoms with Crippen LogP contribution >= 0.6 is 15.9 Å². The molecule has 18 heavy (non-hydrogen) atoms. The van der Waals surface area contributed by atoms with E-state index in [1.807, 2.05) is 0 Å². The predicted molar refractivity (Wildman–Crippen MR) is 71.5 cm³/mol. The molecule has 2 amide bonds. The van der Waals surface area contributed by atoms with Gasteiger partial charge in [-0.15, -0.1) is 0 Å². The number of amides is 2. The standard InChI is InChI=1S/C13H14BrNO3/c1-7-8(2)13(17)15(12(7)16)10-6-9(14)4-5-11(10)18-3/h4-8H,1-3H3. The summed E-state index contributed by atoms with van der Waals surface area (Å²) in [5.74, 6) is -0.420. The minimum Gasteiger partial charge on any atom is -0.495 e. The fourth-order valence-corrected chi connectivity index (χ4v) is 2.37. The minimum atomic E-state index is -0.291. The van der Waals surface area contributed by atoms with Crippen molar-refractivity contribution in [3.8, 4) is 5.75 Å². The van der Waals surface area contributed by atoms with Crippen LogP contribution in [0.15, 0.2) is 22.7 Å². The van der Waals surface area contributed by atoms with Crippen LogP contribution in [0.4, 0.5) is 5.69 Å². The van der Waals surface area contributed by atoms with Crippen LogP contribution < -0.4 is 9.64 Å². The third-order valence-corrected chi connectivity index (χ3v) is 3.84. The van der Waals surface area contributed by atoms with E-state index in [1.54, 1.807) is 32.0 Å². The summed E-state index contributed by atoms with van der Waals surface area (Å²) >= 11 is 3.34. The molecule has 1 aliphatic heterocycles. The molecule has 0 aliphatic carbocycles. The predicted octanol–water partition coefficient (Wildman–Crippen LogP) is 2.60. The van der Waals surface area contributed by atoms with Crippen LogP contribution in [0.2, 0.25) is 0 Å². The number of nitrogens with zero attached hydrogens (tertiary/aromatic N) is 1. The Kier molecular flexibility index (Phi) is 3.43. The molecule has 2 atom stereocenters. The molecule has 96 valence electrons. The van der Waals surface area contributed by atoms with Crippen molar-refractivity contribution in [2.45, 2.75) is 13.8 Å². The monoisotopic (exact) mass is 311 g/mol. The van der Waals surface area contributed by atoms with Crippen molar-refractivity contribution in [2.75, 3.05) is 12.0 Å². The van der Waals surface area contributed by atoms with Crippen LogP contribution in [0, 0.1) is 11.8 Å². The molecule has 0 spiro atoms. The zero-order valence-corrected chi connectivity index (χ0v) is 12.0. The number of carbonyl (C=O) groups excluding carboxylic acids is 2. The van der Waals surface area contributed by atoms with Gasteiger partial charge in [-0.3, -0.25) is 9.59 Å². The quantitative estimate of drug-likeness (QED) is 0.789. The van der Waals surface area contributed by atoms with E-state index < -0.39 is 0 Å². The van der Waals surface area contributed by atoms with E-state index in [-0.39, 0.29) is 23.7 Å². The summed E-state index contributed by atoms with van der Waals surface area (Å²) in [6, 6.07) is 5.26. The summed E-state index contributed by atoms with van der Waals surface area (Å²) in [7, 11) is 1.52. The van der Waals surface area contributed by atoms with Gasteiger partial charge >= 0.3 is 0 Å². The minimum absolute atomic E-state index is 0.177. The molecule has 1 aliphatic rings. The van der Waals surface area contributed by atoms with Gasteiger partial charge in [-0.2, -0.15) is 0 Å². The molecule has 1 aromatic carbocycles. The smallest absolute Gasteiger partial charge is 0.237 e. The topological polar surface area (TPSA) is 46.6 Å². The maximum absolute atomic E-state index is 12.1. The van der Waals surface area contributed by atoms with Gasteiger partial charge in [-0.25, -0.2) is 4.90 Å². The lowest BCUT2D eigenvalue weighted by molar-refractivity contribution is -0.122. The molecule has 1 aromatic rings. The zero-order valence-electron chi connectivity index (χ0n) is 10.4. The molecule has 0 saturated carbocycles. The van der Waals surface area contributed by atoms with Crippen LogP contribution in [-0.4, -0.2) is 18.9 Å². The Balaban J connectivity index is 2.52. The van der Waals surface area contributed by atoms with E-state index >= 15 is 0 Å². The first-order chi connectivity index (χ1) is 8.47. The third-order valence-electron chi connectivity index (χ3n) is 3.35. The summed E-state index contributed by atoms with van der Waals surface area (Å²) < 4.78 is 6.01. The second kappa shape index (κ2) is 4.72. The molecule has 5 heteroatoms. The van der Waals surface area contributed by atoms with Crippen LogP contribution in [0.1, 0.15) is 13.8 Å². The highest BCUT2D eigenvalue weighted by molar-refractivity contribution is 9.10. The summed E-state index contributed by atoms with van der Waals surface area (Å²) in [6.45, 7) is 3.55. The van der Waals surface area contributed by atoms with E-state index in [2.05, 4.69) is 15.9 Å². The third kappa shape index (κ3) is 1.92. The van der Waals surface area contributed by atoms with Crippen LogP contribution in [-0.2, 0) is 9.59 Å². The van der Waals surface area contributed by atoms with E-state index in [0.29, 0.717) is 11.4 Å². The number of imide groups is 1. The number of rotatable bonds is 2. The molecule has 2 unspecified atom stereocenters. The van der Waals surface area contributed by atoms with Crippen molar-refractivity contribution in [3.05, 3.63) is 22.7 Å². The van der Waals surface area contributed by atoms with Gasteiger partial charge in [-0.1, -0.05) is 29.8 Å². The molecular formula is C13H14BrNO3. The second-order valence-electron chi connectivity index (χ2n) is 4.41. The van der Waals surface area contributed by atoms with Crippen molar-refractivity contribution >= 4 is 33.4 Å². The Morgan fingerprint density at radius 2 is 1.72 bits per heavy atom. The Morgan fingerprint density at radius 3 is 2.22 bits per heavy atom. The molecule has 1 heterocycles. The van der Waals surface area contributed by atoms with E-state index in [9.17, 15) is 9.59 Å². The summed E-state index contributed by atoms with van der Waals surface area (Å²) in [5, 5.41) is 0. The highest BCUT2D eigenvalue weighted by Gasteiger charge is 2.44. The number of ether oxygens (including phenoxy) is 1. The van der Waals surface area contributed by atoms with Gasteiger partial charge in [0.05, 0.1) is 12.8 Å². The van der Waals surface area contributed by atoms with Gasteiger partial charge < -0.3 is 4.74 Å². The van der Waals surface area contributed by atoms with Gasteiger partial charge in [0.25, 0.3) is 0 Å². The molecule has 0 aromatic heterocycles. The van der Waals surface area contributed by atoms with E-state index in [0.717, 1.165) is 4.47 Å². The Bertz CT molecular complexity index is 495. The molecule has 2 rings (SSSR count). The van der Waals surface area contributed by atoms with Gasteiger partial charge in [0.2, 0.25) is 11.8 Å². The first-order valence-electron chi connectivity index (χ1n) is 5.68. The SMILES string of the molecule is COc1ccc(Br)cc1N1C(=O)C(C)C(C)C1=O. The highest BCUT2D eigenvalue weighted by Crippen LogP contribution is 2.37. The molecular weight excluding hydrogens is 298 g/mol. The number of hydrogen-bond acceptors (Lipinski definition) is 3. The lowest BCUT2D eigenvalue weighted by atomic mass is 10.00. The zero-order chi connectivity index (χ0) is 13.4. The molecule has 0 bridgehead atoms. The van der Waals surface area contributed by atoms with Gasteiger partial charge in [0.1, 0.15) is 5.75 Å². The highest BCUT2D eigenvalue weighted by atomic mass is 79.9. The van der Waals surface area contributed by atoms with Crippen LogP contribution in [0.25, 0.3) is 0 Å². The van der Waals surface area contributed by atoms with E-state index in [4.69, 9.17) is 4.74 Å². The molecule has 0 radical (unpaired) electrons. The summed E-state index contributed by atoms with van der Waals surface area (Å²) in [4.78, 5) is 25.5. The van der Waals surface area contributed by atoms with Crippen LogP contribution in [0.5, 0.6) is 5.75 Å². The largest absolute Gasteiger partial charge is 0.495 e. The summed E-state index contributed by atoms with van der Waals surface area (Å²) in [5.41, 5.74) is 0.498. The average Bonchev–Trinajstić information content (AvgIpc) is 2.54. The Hall–Kier alpha value is -1.36. The fourth-order valence-electron chi connectivity index (χ4n) is 2.02. The molecule has 1 fully saturated rings. The maximum atomic E-state index is 12.1. The maximum Gasteiger partial charge on any atom is 0.237 e. The molecule has 1 saturated heterocycles. The van der Waals surface area contributed by atoms with Crippen LogP contribution in [0.3, 0.4) is 0 Å². The van der Waals surface area contributed by atoms with Gasteiger partial charge in [0.15, 0.2) is 0 Å². The van der Waals surface area contributed by atoms with Crippen molar-refractivity contribution in [2.24, 2.45) is 11.8 Å². The number of anilines is 1. The van der Waals surface area contributed by atoms with E-state index in [1.165, 1.54) is 12.0 Å².